The van der Waals surface area contributed by atoms with Gasteiger partial charge >= 0.3 is 6.03 Å². The Balaban J connectivity index is 1.60. The molecule has 2 N–H and O–H groups in total. The summed E-state index contributed by atoms with van der Waals surface area (Å²) in [5.74, 6) is 0. The summed E-state index contributed by atoms with van der Waals surface area (Å²) in [6.07, 6.45) is 3.04. The predicted molar refractivity (Wildman–Crippen MR) is 113 cm³/mol. The number of nitrogens with one attached hydrogen (secondary N) is 2. The van der Waals surface area contributed by atoms with Crippen LogP contribution in [0.4, 0.5) is 10.5 Å². The number of aromatic nitrogens is 2. The molecule has 0 radical (unpaired) electrons. The number of nitrogens with zero attached hydrogens (tertiary/aromatic N) is 2. The third kappa shape index (κ3) is 4.01. The van der Waals surface area contributed by atoms with Crippen LogP contribution in [-0.2, 0) is 0 Å². The lowest BCUT2D eigenvalue weighted by molar-refractivity contribution is 0.250. The Hall–Kier alpha value is -3.93. The van der Waals surface area contributed by atoms with Crippen LogP contribution < -0.4 is 16.2 Å². The Morgan fingerprint density at radius 2 is 1.59 bits per heavy atom. The van der Waals surface area contributed by atoms with Gasteiger partial charge in [0, 0.05) is 6.20 Å². The lowest BCUT2D eigenvalue weighted by Gasteiger charge is -2.20. The first-order valence-corrected chi connectivity index (χ1v) is 9.27. The zero-order valence-corrected chi connectivity index (χ0v) is 15.9. The van der Waals surface area contributed by atoms with Crippen LogP contribution in [0.5, 0.6) is 0 Å². The highest BCUT2D eigenvalue weighted by Crippen LogP contribution is 2.21. The molecule has 0 saturated heterocycles. The minimum atomic E-state index is -0.478. The molecule has 144 valence electrons. The topological polar surface area (TPSA) is 75.5 Å². The fourth-order valence-corrected chi connectivity index (χ4v) is 3.20. The Bertz CT molecular complexity index is 1160. The first-order valence-electron chi connectivity index (χ1n) is 9.27. The normalized spacial score (nSPS) is 10.8. The minimum Gasteiger partial charge on any atom is -0.327 e. The third-order valence-corrected chi connectivity index (χ3v) is 4.65. The first kappa shape index (κ1) is 18.4. The average molecular weight is 384 g/mol. The van der Waals surface area contributed by atoms with E-state index in [2.05, 4.69) is 15.6 Å². The molecular weight excluding hydrogens is 364 g/mol. The van der Waals surface area contributed by atoms with Gasteiger partial charge in [-0.25, -0.2) is 9.78 Å². The van der Waals surface area contributed by atoms with Crippen LogP contribution in [0.1, 0.15) is 22.7 Å². The van der Waals surface area contributed by atoms with Crippen molar-refractivity contribution in [2.75, 3.05) is 5.32 Å². The van der Waals surface area contributed by atoms with Crippen LogP contribution in [0.2, 0.25) is 0 Å². The number of rotatable bonds is 4. The average Bonchev–Trinajstić information content (AvgIpc) is 2.75. The van der Waals surface area contributed by atoms with Gasteiger partial charge in [-0.2, -0.15) is 0 Å². The van der Waals surface area contributed by atoms with Crippen molar-refractivity contribution >= 4 is 17.4 Å². The fourth-order valence-electron chi connectivity index (χ4n) is 3.20. The van der Waals surface area contributed by atoms with Crippen LogP contribution in [0.3, 0.4) is 0 Å². The summed E-state index contributed by atoms with van der Waals surface area (Å²) in [7, 11) is 0. The highest BCUT2D eigenvalue weighted by Gasteiger charge is 2.17. The number of anilines is 1. The molecule has 0 spiro atoms. The molecule has 4 aromatic rings. The Morgan fingerprint density at radius 1 is 0.966 bits per heavy atom. The molecule has 0 aliphatic rings. The van der Waals surface area contributed by atoms with Crippen LogP contribution in [-0.4, -0.2) is 15.4 Å². The fraction of sp³-hybridized carbons (Fsp3) is 0.0870. The molecular formula is C23H20N4O2. The second-order valence-corrected chi connectivity index (χ2v) is 6.76. The maximum absolute atomic E-state index is 12.7. The smallest absolute Gasteiger partial charge is 0.320 e. The summed E-state index contributed by atoms with van der Waals surface area (Å²) in [4.78, 5) is 29.7. The van der Waals surface area contributed by atoms with Gasteiger partial charge in [-0.15, -0.1) is 0 Å². The van der Waals surface area contributed by atoms with Crippen molar-refractivity contribution in [3.63, 3.8) is 0 Å². The second kappa shape index (κ2) is 7.98. The van der Waals surface area contributed by atoms with Crippen LogP contribution in [0, 0.1) is 6.92 Å². The van der Waals surface area contributed by atoms with Gasteiger partial charge in [-0.1, -0.05) is 60.7 Å². The van der Waals surface area contributed by atoms with Crippen molar-refractivity contribution in [2.45, 2.75) is 13.0 Å². The van der Waals surface area contributed by atoms with Crippen molar-refractivity contribution in [2.24, 2.45) is 0 Å². The highest BCUT2D eigenvalue weighted by molar-refractivity contribution is 5.89. The van der Waals surface area contributed by atoms with Gasteiger partial charge in [0.15, 0.2) is 0 Å². The number of amides is 2. The summed E-state index contributed by atoms with van der Waals surface area (Å²) in [6.45, 7) is 1.93. The van der Waals surface area contributed by atoms with Gasteiger partial charge in [0.2, 0.25) is 0 Å². The first-order chi connectivity index (χ1) is 14.1. The monoisotopic (exact) mass is 384 g/mol. The third-order valence-electron chi connectivity index (χ3n) is 4.65. The summed E-state index contributed by atoms with van der Waals surface area (Å²) >= 11 is 0. The minimum absolute atomic E-state index is 0.115. The number of hydrogen-bond donors (Lipinski definition) is 2. The number of urea groups is 1. The maximum Gasteiger partial charge on any atom is 0.320 e. The van der Waals surface area contributed by atoms with E-state index in [1.165, 1.54) is 10.6 Å². The van der Waals surface area contributed by atoms with Crippen LogP contribution in [0.15, 0.2) is 90.0 Å². The molecule has 4 rings (SSSR count). The van der Waals surface area contributed by atoms with E-state index in [9.17, 15) is 9.59 Å². The number of carbonyl (C=O) groups excluding carboxylic acids is 1. The predicted octanol–water partition coefficient (Wildman–Crippen LogP) is 3.91. The van der Waals surface area contributed by atoms with Crippen LogP contribution >= 0.6 is 0 Å². The van der Waals surface area contributed by atoms with Gasteiger partial charge in [0.25, 0.3) is 5.56 Å². The number of aryl methyl sites for hydroxylation is 1. The Labute approximate surface area is 167 Å². The largest absolute Gasteiger partial charge is 0.327 e. The molecule has 0 atom stereocenters. The molecule has 6 heteroatoms. The van der Waals surface area contributed by atoms with E-state index in [-0.39, 0.29) is 17.3 Å². The van der Waals surface area contributed by atoms with E-state index in [0.29, 0.717) is 5.65 Å². The molecule has 2 amide bonds. The molecule has 6 nitrogen and oxygen atoms in total. The van der Waals surface area contributed by atoms with E-state index < -0.39 is 6.03 Å². The van der Waals surface area contributed by atoms with E-state index >= 15 is 0 Å². The van der Waals surface area contributed by atoms with E-state index in [1.807, 2.05) is 79.7 Å². The van der Waals surface area contributed by atoms with Crippen molar-refractivity contribution < 1.29 is 4.79 Å². The number of carbonyl (C=O) groups is 1. The number of pyridine rings is 1. The number of benzene rings is 2. The molecule has 2 heterocycles. The van der Waals surface area contributed by atoms with E-state index in [1.54, 1.807) is 6.20 Å². The van der Waals surface area contributed by atoms with E-state index in [0.717, 1.165) is 16.7 Å². The van der Waals surface area contributed by atoms with Gasteiger partial charge in [-0.05, 0) is 35.7 Å². The van der Waals surface area contributed by atoms with Gasteiger partial charge in [-0.3, -0.25) is 9.20 Å². The molecule has 29 heavy (non-hydrogen) atoms. The van der Waals surface area contributed by atoms with Crippen LogP contribution in [0.25, 0.3) is 5.65 Å². The molecule has 0 bridgehead atoms. The highest BCUT2D eigenvalue weighted by atomic mass is 16.2. The standard InChI is InChI=1S/C23H20N4O2/c1-16-12-13-27-20(14-16)24-15-19(22(27)28)25-23(29)26-21(17-8-4-2-5-9-17)18-10-6-3-7-11-18/h2-15,21H,1H3,(H2,25,26,29). The summed E-state index contributed by atoms with van der Waals surface area (Å²) in [5.41, 5.74) is 3.21. The molecule has 0 saturated carbocycles. The van der Waals surface area contributed by atoms with Gasteiger partial charge < -0.3 is 10.6 Å². The van der Waals surface area contributed by atoms with Crippen molar-refractivity contribution in [1.82, 2.24) is 14.7 Å². The van der Waals surface area contributed by atoms with Crippen molar-refractivity contribution in [3.8, 4) is 0 Å². The summed E-state index contributed by atoms with van der Waals surface area (Å²) in [6, 6.07) is 22.2. The van der Waals surface area contributed by atoms with Gasteiger partial charge in [0.1, 0.15) is 11.3 Å². The quantitative estimate of drug-likeness (QED) is 0.560. The Morgan fingerprint density at radius 3 is 2.21 bits per heavy atom. The zero-order chi connectivity index (χ0) is 20.2. The van der Waals surface area contributed by atoms with Gasteiger partial charge in [0.05, 0.1) is 12.2 Å². The van der Waals surface area contributed by atoms with Crippen molar-refractivity contribution in [3.05, 3.63) is 112 Å². The number of fused-ring (bicyclic) bond motifs is 1. The van der Waals surface area contributed by atoms with E-state index in [4.69, 9.17) is 0 Å². The Kier molecular flexibility index (Phi) is 5.07. The lowest BCUT2D eigenvalue weighted by atomic mass is 9.99. The zero-order valence-electron chi connectivity index (χ0n) is 15.9. The van der Waals surface area contributed by atoms with Crippen molar-refractivity contribution in [1.29, 1.82) is 0 Å². The lowest BCUT2D eigenvalue weighted by Crippen LogP contribution is -2.35. The number of hydrogen-bond acceptors (Lipinski definition) is 3. The molecule has 0 aliphatic heterocycles. The maximum atomic E-state index is 12.7. The molecule has 0 fully saturated rings. The molecule has 0 unspecified atom stereocenters. The second-order valence-electron chi connectivity index (χ2n) is 6.76. The summed E-state index contributed by atoms with van der Waals surface area (Å²) in [5, 5.41) is 5.60. The molecule has 0 aliphatic carbocycles. The summed E-state index contributed by atoms with van der Waals surface area (Å²) < 4.78 is 1.41. The molecule has 2 aromatic carbocycles. The SMILES string of the molecule is Cc1ccn2c(=O)c(NC(=O)NC(c3ccccc3)c3ccccc3)cnc2c1. The molecule has 2 aromatic heterocycles.